The molecule has 1 atom stereocenters. The van der Waals surface area contributed by atoms with Gasteiger partial charge in [0.05, 0.1) is 18.9 Å². The second kappa shape index (κ2) is 10.1. The van der Waals surface area contributed by atoms with Crippen LogP contribution < -0.4 is 14.4 Å². The van der Waals surface area contributed by atoms with Gasteiger partial charge >= 0.3 is 0 Å². The average Bonchev–Trinajstić information content (AvgIpc) is 3.28. The van der Waals surface area contributed by atoms with Crippen LogP contribution in [-0.2, 0) is 6.54 Å². The number of rotatable bonds is 8. The Kier molecular flexibility index (Phi) is 7.03. The summed E-state index contributed by atoms with van der Waals surface area (Å²) in [5.41, 5.74) is 4.22. The van der Waals surface area contributed by atoms with Gasteiger partial charge in [-0.05, 0) is 44.5 Å². The summed E-state index contributed by atoms with van der Waals surface area (Å²) in [5, 5.41) is 0. The maximum absolute atomic E-state index is 5.85. The second-order valence-corrected chi connectivity index (χ2v) is 8.86. The molecule has 174 valence electrons. The van der Waals surface area contributed by atoms with Crippen molar-refractivity contribution in [2.45, 2.75) is 38.8 Å². The van der Waals surface area contributed by atoms with Gasteiger partial charge in [0, 0.05) is 62.8 Å². The molecule has 0 aliphatic carbocycles. The Hall–Kier alpha value is -3.26. The first kappa shape index (κ1) is 22.9. The predicted octanol–water partition coefficient (Wildman–Crippen LogP) is 3.78. The molecule has 0 unspecified atom stereocenters. The van der Waals surface area contributed by atoms with Crippen LogP contribution in [0.5, 0.6) is 11.5 Å². The van der Waals surface area contributed by atoms with Gasteiger partial charge in [-0.15, -0.1) is 0 Å². The Bertz CT molecular complexity index is 1070. The molecule has 2 aromatic heterocycles. The van der Waals surface area contributed by atoms with Crippen LogP contribution in [0.25, 0.3) is 11.1 Å². The van der Waals surface area contributed by atoms with Crippen molar-refractivity contribution in [1.82, 2.24) is 24.8 Å². The van der Waals surface area contributed by atoms with Crippen LogP contribution in [0.4, 0.5) is 5.95 Å². The third-order valence-corrected chi connectivity index (χ3v) is 5.73. The highest BCUT2D eigenvalue weighted by Crippen LogP contribution is 2.35. The van der Waals surface area contributed by atoms with Crippen LogP contribution >= 0.6 is 0 Å². The normalized spacial score (nSPS) is 16.2. The van der Waals surface area contributed by atoms with Crippen molar-refractivity contribution < 1.29 is 9.47 Å². The van der Waals surface area contributed by atoms with Crippen LogP contribution in [0.2, 0.25) is 0 Å². The largest absolute Gasteiger partial charge is 0.493 e. The molecule has 0 spiro atoms. The standard InChI is InChI=1S/C25H32N6O2/c1-17(2)33-22-7-6-18(10-23(22)32-5)14-31-9-8-19(15-31)24-21(20-11-26-16-27-12-20)13-28-25(29-24)30(3)4/h6-7,10-13,16-17,19H,8-9,14-15H2,1-5H3/t19-/m1/s1. The molecule has 8 nitrogen and oxygen atoms in total. The van der Waals surface area contributed by atoms with Crippen molar-refractivity contribution in [3.63, 3.8) is 0 Å². The summed E-state index contributed by atoms with van der Waals surface area (Å²) >= 11 is 0. The molecule has 4 rings (SSSR count). The van der Waals surface area contributed by atoms with Crippen molar-refractivity contribution in [3.05, 3.63) is 54.4 Å². The lowest BCUT2D eigenvalue weighted by molar-refractivity contribution is 0.229. The monoisotopic (exact) mass is 448 g/mol. The molecule has 1 aliphatic rings. The molecule has 8 heteroatoms. The molecule has 0 bridgehead atoms. The topological polar surface area (TPSA) is 76.5 Å². The number of nitrogens with zero attached hydrogens (tertiary/aromatic N) is 6. The van der Waals surface area contributed by atoms with E-state index in [1.807, 2.05) is 57.5 Å². The van der Waals surface area contributed by atoms with E-state index in [0.717, 1.165) is 60.3 Å². The van der Waals surface area contributed by atoms with Crippen molar-refractivity contribution >= 4 is 5.95 Å². The zero-order valence-corrected chi connectivity index (χ0v) is 20.0. The van der Waals surface area contributed by atoms with Gasteiger partial charge in [0.2, 0.25) is 5.95 Å². The lowest BCUT2D eigenvalue weighted by atomic mass is 9.97. The molecular weight excluding hydrogens is 416 g/mol. The van der Waals surface area contributed by atoms with Gasteiger partial charge in [-0.1, -0.05) is 6.07 Å². The zero-order chi connectivity index (χ0) is 23.4. The first-order valence-electron chi connectivity index (χ1n) is 11.3. The Morgan fingerprint density at radius 3 is 2.61 bits per heavy atom. The van der Waals surface area contributed by atoms with E-state index in [1.165, 1.54) is 5.56 Å². The number of anilines is 1. The quantitative estimate of drug-likeness (QED) is 0.515. The summed E-state index contributed by atoms with van der Waals surface area (Å²) in [7, 11) is 5.61. The Morgan fingerprint density at radius 2 is 1.91 bits per heavy atom. The SMILES string of the molecule is COc1cc(CN2CC[C@@H](c3nc(N(C)C)ncc3-c3cncnc3)C2)ccc1OC(C)C. The molecule has 0 N–H and O–H groups in total. The molecule has 1 aliphatic heterocycles. The number of ether oxygens (including phenoxy) is 2. The van der Waals surface area contributed by atoms with E-state index in [-0.39, 0.29) is 6.10 Å². The molecule has 3 aromatic rings. The minimum absolute atomic E-state index is 0.105. The number of likely N-dealkylation sites (tertiary alicyclic amines) is 1. The first-order valence-corrected chi connectivity index (χ1v) is 11.3. The van der Waals surface area contributed by atoms with Gasteiger partial charge in [0.15, 0.2) is 11.5 Å². The summed E-state index contributed by atoms with van der Waals surface area (Å²) in [5.74, 6) is 2.58. The molecule has 1 saturated heterocycles. The number of aromatic nitrogens is 4. The summed E-state index contributed by atoms with van der Waals surface area (Å²) < 4.78 is 11.4. The minimum Gasteiger partial charge on any atom is -0.493 e. The van der Waals surface area contributed by atoms with Crippen molar-refractivity contribution in [1.29, 1.82) is 0 Å². The van der Waals surface area contributed by atoms with Gasteiger partial charge in [-0.25, -0.2) is 19.9 Å². The number of benzene rings is 1. The zero-order valence-electron chi connectivity index (χ0n) is 20.0. The van der Waals surface area contributed by atoms with Crippen molar-refractivity contribution in [2.75, 3.05) is 39.2 Å². The average molecular weight is 449 g/mol. The van der Waals surface area contributed by atoms with Crippen LogP contribution in [0.3, 0.4) is 0 Å². The highest BCUT2D eigenvalue weighted by Gasteiger charge is 2.28. The van der Waals surface area contributed by atoms with Gasteiger partial charge in [-0.2, -0.15) is 0 Å². The van der Waals surface area contributed by atoms with Crippen LogP contribution in [0.15, 0.2) is 43.1 Å². The van der Waals surface area contributed by atoms with Gasteiger partial charge in [0.25, 0.3) is 0 Å². The molecule has 3 heterocycles. The van der Waals surface area contributed by atoms with E-state index >= 15 is 0 Å². The summed E-state index contributed by atoms with van der Waals surface area (Å²) in [6.45, 7) is 6.81. The van der Waals surface area contributed by atoms with E-state index in [9.17, 15) is 0 Å². The molecule has 1 aromatic carbocycles. The smallest absolute Gasteiger partial charge is 0.225 e. The lowest BCUT2D eigenvalue weighted by Gasteiger charge is -2.20. The van der Waals surface area contributed by atoms with Crippen molar-refractivity contribution in [3.8, 4) is 22.6 Å². The Labute approximate surface area is 195 Å². The molecule has 0 amide bonds. The number of hydrogen-bond donors (Lipinski definition) is 0. The maximum Gasteiger partial charge on any atom is 0.225 e. The molecule has 1 fully saturated rings. The number of methoxy groups -OCH3 is 1. The van der Waals surface area contributed by atoms with Gasteiger partial charge < -0.3 is 14.4 Å². The van der Waals surface area contributed by atoms with E-state index in [1.54, 1.807) is 13.4 Å². The van der Waals surface area contributed by atoms with E-state index in [4.69, 9.17) is 14.5 Å². The highest BCUT2D eigenvalue weighted by atomic mass is 16.5. The van der Waals surface area contributed by atoms with Crippen LogP contribution in [-0.4, -0.2) is 65.2 Å². The van der Waals surface area contributed by atoms with Crippen LogP contribution in [0.1, 0.15) is 37.4 Å². The van der Waals surface area contributed by atoms with E-state index < -0.39 is 0 Å². The summed E-state index contributed by atoms with van der Waals surface area (Å²) in [6.07, 6.45) is 8.23. The second-order valence-electron chi connectivity index (χ2n) is 8.86. The highest BCUT2D eigenvalue weighted by molar-refractivity contribution is 5.65. The number of hydrogen-bond acceptors (Lipinski definition) is 8. The lowest BCUT2D eigenvalue weighted by Crippen LogP contribution is -2.21. The molecule has 0 saturated carbocycles. The molecular formula is C25H32N6O2. The first-order chi connectivity index (χ1) is 15.9. The fourth-order valence-corrected chi connectivity index (χ4v) is 4.19. The summed E-state index contributed by atoms with van der Waals surface area (Å²) in [6, 6.07) is 6.20. The molecule has 0 radical (unpaired) electrons. The third-order valence-electron chi connectivity index (χ3n) is 5.73. The van der Waals surface area contributed by atoms with E-state index in [2.05, 4.69) is 32.0 Å². The summed E-state index contributed by atoms with van der Waals surface area (Å²) in [4.78, 5) is 22.3. The van der Waals surface area contributed by atoms with Gasteiger partial charge in [-0.3, -0.25) is 4.90 Å². The van der Waals surface area contributed by atoms with Crippen molar-refractivity contribution in [2.24, 2.45) is 0 Å². The van der Waals surface area contributed by atoms with Crippen LogP contribution in [0, 0.1) is 0 Å². The Morgan fingerprint density at radius 1 is 1.12 bits per heavy atom. The minimum atomic E-state index is 0.105. The third kappa shape index (κ3) is 5.39. The Balaban J connectivity index is 1.54. The predicted molar refractivity (Wildman–Crippen MR) is 129 cm³/mol. The maximum atomic E-state index is 5.85. The fraction of sp³-hybridized carbons (Fsp3) is 0.440. The fourth-order valence-electron chi connectivity index (χ4n) is 4.19. The van der Waals surface area contributed by atoms with E-state index in [0.29, 0.717) is 5.92 Å². The molecule has 33 heavy (non-hydrogen) atoms. The van der Waals surface area contributed by atoms with Gasteiger partial charge in [0.1, 0.15) is 6.33 Å².